The zero-order valence-corrected chi connectivity index (χ0v) is 11.7. The van der Waals surface area contributed by atoms with Gasteiger partial charge < -0.3 is 5.73 Å². The van der Waals surface area contributed by atoms with Crippen molar-refractivity contribution in [3.05, 3.63) is 44.6 Å². The molecule has 2 rings (SSSR count). The van der Waals surface area contributed by atoms with Gasteiger partial charge in [0.05, 0.1) is 0 Å². The van der Waals surface area contributed by atoms with Crippen LogP contribution in [0.2, 0.25) is 0 Å². The standard InChI is InChI=1S/C15H19NS/c1-9-5-10(2)12(4)15(11(9)3)13-6-14(7-16)17-8-13/h5-6,8H,7,16H2,1-4H3. The van der Waals surface area contributed by atoms with Gasteiger partial charge in [0.15, 0.2) is 0 Å². The summed E-state index contributed by atoms with van der Waals surface area (Å²) in [5.41, 5.74) is 13.9. The van der Waals surface area contributed by atoms with E-state index in [9.17, 15) is 0 Å². The molecular weight excluding hydrogens is 226 g/mol. The predicted molar refractivity (Wildman–Crippen MR) is 76.6 cm³/mol. The van der Waals surface area contributed by atoms with Crippen molar-refractivity contribution >= 4 is 11.3 Å². The molecule has 0 radical (unpaired) electrons. The number of hydrogen-bond donors (Lipinski definition) is 1. The molecule has 0 saturated carbocycles. The van der Waals surface area contributed by atoms with Crippen LogP contribution in [-0.4, -0.2) is 0 Å². The van der Waals surface area contributed by atoms with Gasteiger partial charge in [-0.15, -0.1) is 11.3 Å². The van der Waals surface area contributed by atoms with E-state index in [1.807, 2.05) is 0 Å². The van der Waals surface area contributed by atoms with E-state index in [2.05, 4.69) is 45.2 Å². The van der Waals surface area contributed by atoms with Crippen LogP contribution < -0.4 is 5.73 Å². The fourth-order valence-electron chi connectivity index (χ4n) is 2.27. The molecule has 2 aromatic rings. The third-order valence-corrected chi connectivity index (χ3v) is 4.47. The first-order valence-corrected chi connectivity index (χ1v) is 6.77. The molecule has 0 bridgehead atoms. The molecule has 0 atom stereocenters. The first kappa shape index (κ1) is 12.3. The third-order valence-electron chi connectivity index (χ3n) is 3.51. The number of benzene rings is 1. The molecule has 0 unspecified atom stereocenters. The van der Waals surface area contributed by atoms with Gasteiger partial charge in [-0.05, 0) is 72.5 Å². The Morgan fingerprint density at radius 2 is 1.59 bits per heavy atom. The van der Waals surface area contributed by atoms with E-state index in [0.29, 0.717) is 6.54 Å². The minimum absolute atomic E-state index is 0.632. The highest BCUT2D eigenvalue weighted by Gasteiger charge is 2.11. The fourth-order valence-corrected chi connectivity index (χ4v) is 3.02. The minimum Gasteiger partial charge on any atom is -0.326 e. The molecule has 1 nitrogen and oxygen atoms in total. The highest BCUT2D eigenvalue weighted by Crippen LogP contribution is 2.34. The van der Waals surface area contributed by atoms with Crippen LogP contribution in [0.5, 0.6) is 0 Å². The van der Waals surface area contributed by atoms with Crippen molar-refractivity contribution in [1.82, 2.24) is 0 Å². The number of nitrogens with two attached hydrogens (primary N) is 1. The molecule has 2 heteroatoms. The molecule has 0 fully saturated rings. The van der Waals surface area contributed by atoms with Gasteiger partial charge in [0, 0.05) is 11.4 Å². The van der Waals surface area contributed by atoms with Gasteiger partial charge in [0.2, 0.25) is 0 Å². The SMILES string of the molecule is Cc1cc(C)c(C)c(-c2csc(CN)c2)c1C. The monoisotopic (exact) mass is 245 g/mol. The lowest BCUT2D eigenvalue weighted by Gasteiger charge is -2.14. The Kier molecular flexibility index (Phi) is 3.36. The first-order valence-electron chi connectivity index (χ1n) is 5.90. The molecule has 1 heterocycles. The van der Waals surface area contributed by atoms with Crippen molar-refractivity contribution in [3.8, 4) is 11.1 Å². The lowest BCUT2D eigenvalue weighted by Crippen LogP contribution is -1.95. The summed E-state index contributed by atoms with van der Waals surface area (Å²) in [7, 11) is 0. The smallest absolute Gasteiger partial charge is 0.0274 e. The van der Waals surface area contributed by atoms with Crippen LogP contribution >= 0.6 is 11.3 Å². The van der Waals surface area contributed by atoms with Gasteiger partial charge in [-0.3, -0.25) is 0 Å². The van der Waals surface area contributed by atoms with Crippen LogP contribution in [0.15, 0.2) is 17.5 Å². The average molecular weight is 245 g/mol. The van der Waals surface area contributed by atoms with Gasteiger partial charge in [-0.25, -0.2) is 0 Å². The van der Waals surface area contributed by atoms with E-state index in [4.69, 9.17) is 5.73 Å². The summed E-state index contributed by atoms with van der Waals surface area (Å²) in [5, 5.41) is 2.22. The van der Waals surface area contributed by atoms with Crippen LogP contribution in [0.1, 0.15) is 27.1 Å². The van der Waals surface area contributed by atoms with E-state index in [-0.39, 0.29) is 0 Å². The zero-order valence-electron chi connectivity index (χ0n) is 10.9. The van der Waals surface area contributed by atoms with Crippen molar-refractivity contribution < 1.29 is 0 Å². The summed E-state index contributed by atoms with van der Waals surface area (Å²) in [6.07, 6.45) is 0. The van der Waals surface area contributed by atoms with Gasteiger partial charge in [-0.2, -0.15) is 0 Å². The fraction of sp³-hybridized carbons (Fsp3) is 0.333. The van der Waals surface area contributed by atoms with Crippen LogP contribution in [0.4, 0.5) is 0 Å². The highest BCUT2D eigenvalue weighted by molar-refractivity contribution is 7.10. The van der Waals surface area contributed by atoms with Crippen LogP contribution in [0.25, 0.3) is 11.1 Å². The van der Waals surface area contributed by atoms with Gasteiger partial charge in [0.25, 0.3) is 0 Å². The first-order chi connectivity index (χ1) is 8.04. The second-order valence-electron chi connectivity index (χ2n) is 4.64. The Bertz CT molecular complexity index is 526. The Morgan fingerprint density at radius 3 is 2.06 bits per heavy atom. The molecule has 0 aliphatic carbocycles. The topological polar surface area (TPSA) is 26.0 Å². The van der Waals surface area contributed by atoms with Gasteiger partial charge in [-0.1, -0.05) is 6.07 Å². The van der Waals surface area contributed by atoms with E-state index >= 15 is 0 Å². The molecule has 0 aliphatic rings. The largest absolute Gasteiger partial charge is 0.326 e. The maximum atomic E-state index is 5.69. The molecule has 17 heavy (non-hydrogen) atoms. The lowest BCUT2D eigenvalue weighted by atomic mass is 9.91. The third kappa shape index (κ3) is 2.15. The second-order valence-corrected chi connectivity index (χ2v) is 5.64. The lowest BCUT2D eigenvalue weighted by molar-refractivity contribution is 1.11. The molecule has 0 amide bonds. The molecule has 2 N–H and O–H groups in total. The Hall–Kier alpha value is -1.12. The van der Waals surface area contributed by atoms with Gasteiger partial charge in [0.1, 0.15) is 0 Å². The summed E-state index contributed by atoms with van der Waals surface area (Å²) < 4.78 is 0. The summed E-state index contributed by atoms with van der Waals surface area (Å²) in [4.78, 5) is 1.25. The number of aryl methyl sites for hydroxylation is 2. The average Bonchev–Trinajstić information content (AvgIpc) is 2.75. The molecule has 0 saturated heterocycles. The van der Waals surface area contributed by atoms with E-state index in [1.165, 1.54) is 38.3 Å². The quantitative estimate of drug-likeness (QED) is 0.846. The van der Waals surface area contributed by atoms with Crippen LogP contribution in [-0.2, 0) is 6.54 Å². The van der Waals surface area contributed by atoms with Crippen molar-refractivity contribution in [3.63, 3.8) is 0 Å². The molecular formula is C15H19NS. The molecule has 1 aromatic carbocycles. The Morgan fingerprint density at radius 1 is 1.00 bits per heavy atom. The number of rotatable bonds is 2. The van der Waals surface area contributed by atoms with E-state index in [1.54, 1.807) is 11.3 Å². The predicted octanol–water partition coefficient (Wildman–Crippen LogP) is 4.11. The summed E-state index contributed by atoms with van der Waals surface area (Å²) in [6, 6.07) is 4.49. The van der Waals surface area contributed by atoms with Crippen molar-refractivity contribution in [1.29, 1.82) is 0 Å². The second kappa shape index (κ2) is 4.63. The van der Waals surface area contributed by atoms with E-state index in [0.717, 1.165) is 0 Å². The van der Waals surface area contributed by atoms with Crippen molar-refractivity contribution in [2.24, 2.45) is 5.73 Å². The molecule has 90 valence electrons. The van der Waals surface area contributed by atoms with Gasteiger partial charge >= 0.3 is 0 Å². The molecule has 1 aromatic heterocycles. The summed E-state index contributed by atoms with van der Waals surface area (Å²) in [6.45, 7) is 9.41. The maximum absolute atomic E-state index is 5.69. The maximum Gasteiger partial charge on any atom is 0.0274 e. The van der Waals surface area contributed by atoms with Crippen LogP contribution in [0.3, 0.4) is 0 Å². The number of hydrogen-bond acceptors (Lipinski definition) is 2. The zero-order chi connectivity index (χ0) is 12.6. The minimum atomic E-state index is 0.632. The van der Waals surface area contributed by atoms with Crippen molar-refractivity contribution in [2.45, 2.75) is 34.2 Å². The highest BCUT2D eigenvalue weighted by atomic mass is 32.1. The van der Waals surface area contributed by atoms with E-state index < -0.39 is 0 Å². The van der Waals surface area contributed by atoms with Crippen molar-refractivity contribution in [2.75, 3.05) is 0 Å². The Balaban J connectivity index is 2.65. The summed E-state index contributed by atoms with van der Waals surface area (Å²) >= 11 is 1.75. The Labute approximate surface area is 107 Å². The van der Waals surface area contributed by atoms with Crippen LogP contribution in [0, 0.1) is 27.7 Å². The normalized spacial score (nSPS) is 10.9. The molecule has 0 aliphatic heterocycles. The summed E-state index contributed by atoms with van der Waals surface area (Å²) in [5.74, 6) is 0. The molecule has 0 spiro atoms. The number of thiophene rings is 1.